The van der Waals surface area contributed by atoms with Crippen LogP contribution in [-0.2, 0) is 16.3 Å². The van der Waals surface area contributed by atoms with Gasteiger partial charge in [0.2, 0.25) is 0 Å². The Balaban J connectivity index is 0.000000291. The van der Waals surface area contributed by atoms with Crippen molar-refractivity contribution in [2.75, 3.05) is 13.2 Å². The molecule has 0 saturated heterocycles. The van der Waals surface area contributed by atoms with Gasteiger partial charge in [0.05, 0.1) is 12.3 Å². The Kier molecular flexibility index (Phi) is 38.8. The molecule has 0 aliphatic heterocycles. The van der Waals surface area contributed by atoms with Gasteiger partial charge in [-0.25, -0.2) is 0 Å². The average molecular weight is 1260 g/mol. The van der Waals surface area contributed by atoms with E-state index < -0.39 is 0 Å². The van der Waals surface area contributed by atoms with E-state index in [2.05, 4.69) is 187 Å². The van der Waals surface area contributed by atoms with Gasteiger partial charge in [-0.2, -0.15) is 0 Å². The average Bonchev–Trinajstić information content (AvgIpc) is 3.13. The van der Waals surface area contributed by atoms with Gasteiger partial charge in [-0.3, -0.25) is 9.98 Å². The molecule has 0 amide bonds. The molecule has 0 atom stereocenters. The quantitative estimate of drug-likeness (QED) is 0.0282. The molecule has 1 heterocycles. The molecule has 5 nitrogen and oxygen atoms in total. The van der Waals surface area contributed by atoms with E-state index >= 15 is 0 Å². The van der Waals surface area contributed by atoms with Crippen LogP contribution >= 0.6 is 0 Å². The van der Waals surface area contributed by atoms with E-state index in [1.54, 1.807) is 6.20 Å². The number of ether oxygens (including phenoxy) is 2. The Morgan fingerprint density at radius 2 is 0.593 bits per heavy atom. The fraction of sp³-hybridized carbons (Fsp3) is 0.494. The van der Waals surface area contributed by atoms with E-state index in [1.807, 2.05) is 26.1 Å². The van der Waals surface area contributed by atoms with Crippen molar-refractivity contribution in [3.63, 3.8) is 0 Å². The fourth-order valence-corrected chi connectivity index (χ4v) is 12.5. The summed E-state index contributed by atoms with van der Waals surface area (Å²) in [6, 6.07) is 54.9. The molecule has 0 radical (unpaired) electrons. The van der Waals surface area contributed by atoms with Gasteiger partial charge in [0.15, 0.2) is 0 Å². The topological polar surface area (TPSA) is 56.1 Å². The molecule has 91 heavy (non-hydrogen) atoms. The standard InChI is InChI=1S/C45H60N2O.C40H56NO.Cr/c1-3-4-5-6-7-8-9-10-11-12-13-14-15-16-17-18-19-26-34-48-45-43(39-28-22-20-23-29-39)35-42(36-44(45)40-30-24-21-25-31-40)47-38(2)41-32-27-33-46-37-41;1-3-5-6-7-8-9-10-11-12-13-14-15-16-17-18-19-20-27-32-42-40-38(35-28-23-21-24-29-35)33-37(41-4-2)34-39(40)36-30-25-22-26-31-36;/h20-25,27-33,35-37H,3-19,26,34H2,1-2H3;21-26,28-31,33-34H,3,5-20,27,32H2,1-2H3;. The summed E-state index contributed by atoms with van der Waals surface area (Å²) in [5.41, 5.74) is 12.8. The van der Waals surface area contributed by atoms with E-state index in [0.717, 1.165) is 109 Å². The van der Waals surface area contributed by atoms with Gasteiger partial charge in [-0.05, 0) is 42.7 Å². The number of nitrogens with zero attached hydrogens (tertiary/aromatic N) is 3. The molecule has 0 aliphatic rings. The molecule has 6 heteroatoms. The van der Waals surface area contributed by atoms with Crippen molar-refractivity contribution >= 4 is 21.7 Å². The first-order chi connectivity index (χ1) is 44.9. The van der Waals surface area contributed by atoms with Crippen LogP contribution in [0.1, 0.15) is 264 Å². The van der Waals surface area contributed by atoms with Crippen LogP contribution < -0.4 is 9.47 Å². The third kappa shape index (κ3) is 30.5. The van der Waals surface area contributed by atoms with Crippen molar-refractivity contribution in [2.45, 2.75) is 259 Å². The predicted molar refractivity (Wildman–Crippen MR) is 392 cm³/mol. The summed E-state index contributed by atoms with van der Waals surface area (Å²) in [5, 5.41) is 0. The maximum atomic E-state index is 6.69. The minimum absolute atomic E-state index is 0.718. The number of aromatic nitrogens is 1. The van der Waals surface area contributed by atoms with Crippen LogP contribution in [0.25, 0.3) is 44.5 Å². The Morgan fingerprint density at radius 3 is 0.846 bits per heavy atom. The molecule has 0 fully saturated rings. The SMILES string of the molecule is CCCCCCCCCCCCCCCCCCCCOc1c(-c2ccccc2)cc(N=C(C)c2cccnc2)cc1-c1ccccc1.CCCCCCCCCCCCCCCCCCCCOc1c(-c2ccccc2)cc(N=[C](C)[Cr])cc1-c1ccccc1. The zero-order valence-electron chi connectivity index (χ0n) is 57.1. The number of benzene rings is 6. The predicted octanol–water partition coefficient (Wildman–Crippen LogP) is 27.0. The number of unbranched alkanes of at least 4 members (excludes halogenated alkanes) is 34. The first-order valence-electron chi connectivity index (χ1n) is 36.5. The van der Waals surface area contributed by atoms with Gasteiger partial charge in [-0.1, -0.05) is 280 Å². The molecule has 0 N–H and O–H groups in total. The monoisotopic (exact) mass is 1260 g/mol. The van der Waals surface area contributed by atoms with Crippen LogP contribution in [-0.4, -0.2) is 28.5 Å². The third-order valence-corrected chi connectivity index (χ3v) is 17.8. The number of pyridine rings is 1. The Labute approximate surface area is 562 Å². The van der Waals surface area contributed by atoms with E-state index in [0.29, 0.717) is 0 Å². The van der Waals surface area contributed by atoms with Crippen LogP contribution in [0.3, 0.4) is 0 Å². The second kappa shape index (κ2) is 47.8. The third-order valence-electron chi connectivity index (χ3n) is 17.6. The summed E-state index contributed by atoms with van der Waals surface area (Å²) in [6.07, 6.45) is 53.4. The Bertz CT molecular complexity index is 2870. The molecule has 0 saturated carbocycles. The summed E-state index contributed by atoms with van der Waals surface area (Å²) < 4.78 is 14.2. The van der Waals surface area contributed by atoms with Crippen molar-refractivity contribution in [2.24, 2.45) is 9.98 Å². The molecular formula is C85H116CrN3O2. The van der Waals surface area contributed by atoms with Gasteiger partial charge in [0.25, 0.3) is 0 Å². The van der Waals surface area contributed by atoms with Crippen LogP contribution in [0.15, 0.2) is 180 Å². The second-order valence-electron chi connectivity index (χ2n) is 25.5. The molecule has 0 spiro atoms. The van der Waals surface area contributed by atoms with Gasteiger partial charge in [0, 0.05) is 34.8 Å². The van der Waals surface area contributed by atoms with Gasteiger partial charge in [0.1, 0.15) is 5.75 Å². The first kappa shape index (κ1) is 74.0. The number of rotatable bonds is 47. The molecular weight excluding hydrogens is 1150 g/mol. The molecule has 7 aromatic rings. The van der Waals surface area contributed by atoms with Crippen molar-refractivity contribution in [1.29, 1.82) is 0 Å². The van der Waals surface area contributed by atoms with E-state index in [-0.39, 0.29) is 0 Å². The summed E-state index contributed by atoms with van der Waals surface area (Å²) in [7, 11) is 0. The minimum atomic E-state index is 0.718. The van der Waals surface area contributed by atoms with Crippen molar-refractivity contribution in [3.8, 4) is 56.0 Å². The van der Waals surface area contributed by atoms with E-state index in [9.17, 15) is 0 Å². The molecule has 6 aromatic carbocycles. The fourth-order valence-electron chi connectivity index (χ4n) is 12.4. The summed E-state index contributed by atoms with van der Waals surface area (Å²) in [5.74, 6) is 1.90. The molecule has 1 aromatic heterocycles. The molecule has 0 bridgehead atoms. The van der Waals surface area contributed by atoms with Crippen LogP contribution in [0.2, 0.25) is 0 Å². The molecule has 7 rings (SSSR count). The zero-order valence-corrected chi connectivity index (χ0v) is 58.4. The number of hydrogen-bond donors (Lipinski definition) is 0. The normalized spacial score (nSPS) is 11.6. The summed E-state index contributed by atoms with van der Waals surface area (Å²) in [6.45, 7) is 10.1. The van der Waals surface area contributed by atoms with Crippen LogP contribution in [0.5, 0.6) is 11.5 Å². The number of hydrogen-bond acceptors (Lipinski definition) is 5. The van der Waals surface area contributed by atoms with E-state index in [4.69, 9.17) is 19.5 Å². The summed E-state index contributed by atoms with van der Waals surface area (Å²) >= 11 is 3.03. The van der Waals surface area contributed by atoms with Crippen molar-refractivity contribution in [3.05, 3.63) is 176 Å². The Morgan fingerprint density at radius 1 is 0.330 bits per heavy atom. The van der Waals surface area contributed by atoms with Crippen LogP contribution in [0, 0.1) is 0 Å². The zero-order chi connectivity index (χ0) is 63.9. The molecule has 0 aliphatic carbocycles. The van der Waals surface area contributed by atoms with Crippen molar-refractivity contribution in [1.82, 2.24) is 4.98 Å². The summed E-state index contributed by atoms with van der Waals surface area (Å²) in [4.78, 5) is 14.1. The van der Waals surface area contributed by atoms with Crippen molar-refractivity contribution < 1.29 is 25.8 Å². The second-order valence-corrected chi connectivity index (χ2v) is 26.4. The molecule has 0 unspecified atom stereocenters. The van der Waals surface area contributed by atoms with Gasteiger partial charge in [-0.15, -0.1) is 0 Å². The first-order valence-corrected chi connectivity index (χ1v) is 37.1. The van der Waals surface area contributed by atoms with Gasteiger partial charge < -0.3 is 4.74 Å². The maximum absolute atomic E-state index is 6.69. The van der Waals surface area contributed by atoms with Gasteiger partial charge >= 0.3 is 176 Å². The Hall–Kier alpha value is -6.06. The molecule has 489 valence electrons. The van der Waals surface area contributed by atoms with Crippen LogP contribution in [0.4, 0.5) is 11.4 Å². The van der Waals surface area contributed by atoms with E-state index in [1.165, 1.54) is 218 Å². The number of aliphatic imine (C=N–C) groups is 2.